The van der Waals surface area contributed by atoms with Gasteiger partial charge in [-0.2, -0.15) is 0 Å². The Kier molecular flexibility index (Phi) is 10.9. The number of aryl methyl sites for hydroxylation is 1. The number of fused-ring (bicyclic) bond motifs is 2. The first-order valence-corrected chi connectivity index (χ1v) is 12.1. The van der Waals surface area contributed by atoms with Gasteiger partial charge in [0.05, 0.1) is 12.6 Å². The number of aromatic nitrogens is 2. The van der Waals surface area contributed by atoms with E-state index in [1.165, 1.54) is 13.4 Å². The molecule has 3 N–H and O–H groups in total. The number of nitrogens with zero attached hydrogens (tertiary/aromatic N) is 2. The third-order valence-corrected chi connectivity index (χ3v) is 4.77. The standard InChI is InChI=1S/C20H19N3O4.C5H11NO2.C2H6/c1-25-19(24)7-4-13-2-5-14(6-3-13)23-20-15-10-17-18(27-9-8-26-17)11-16(15)21-12-22-20;1-5(2,3)8-4(6)7;1-2/h2-3,5-6,10-12H,4,7-9H2,1H3,(H,21,22,23);1-3H3,(H2,6,7);1-2H3. The number of carbonyl (C=O) groups is 2. The van der Waals surface area contributed by atoms with Crippen LogP contribution in [0.1, 0.15) is 46.6 Å². The summed E-state index contributed by atoms with van der Waals surface area (Å²) in [6.45, 7) is 10.4. The molecule has 0 spiro atoms. The summed E-state index contributed by atoms with van der Waals surface area (Å²) < 4.78 is 20.5. The van der Waals surface area contributed by atoms with Gasteiger partial charge >= 0.3 is 12.1 Å². The molecule has 1 aliphatic heterocycles. The van der Waals surface area contributed by atoms with Crippen molar-refractivity contribution in [1.82, 2.24) is 9.97 Å². The van der Waals surface area contributed by atoms with Crippen LogP contribution in [0.3, 0.4) is 0 Å². The van der Waals surface area contributed by atoms with Crippen LogP contribution in [0.2, 0.25) is 0 Å². The number of esters is 1. The summed E-state index contributed by atoms with van der Waals surface area (Å²) in [5.41, 5.74) is 7.01. The number of benzene rings is 2. The second-order valence-electron chi connectivity index (χ2n) is 8.67. The van der Waals surface area contributed by atoms with E-state index in [1.807, 2.05) is 50.2 Å². The molecule has 37 heavy (non-hydrogen) atoms. The number of nitrogens with two attached hydrogens (primary N) is 1. The van der Waals surface area contributed by atoms with Gasteiger partial charge < -0.3 is 30.0 Å². The number of ether oxygens (including phenoxy) is 4. The maximum atomic E-state index is 11.3. The van der Waals surface area contributed by atoms with Crippen molar-refractivity contribution >= 4 is 34.5 Å². The van der Waals surface area contributed by atoms with Crippen LogP contribution in [-0.4, -0.2) is 48.0 Å². The SMILES string of the molecule is CC.CC(C)(C)OC(N)=O.COC(=O)CCc1ccc(Nc2ncnc3cc4c(cc23)OCCO4)cc1. The molecule has 0 unspecified atom stereocenters. The molecule has 10 heteroatoms. The van der Waals surface area contributed by atoms with E-state index in [0.717, 1.165) is 22.2 Å². The fourth-order valence-corrected chi connectivity index (χ4v) is 3.23. The first-order valence-electron chi connectivity index (χ1n) is 12.1. The fourth-order valence-electron chi connectivity index (χ4n) is 3.23. The molecule has 200 valence electrons. The Morgan fingerprint density at radius 1 is 1.03 bits per heavy atom. The summed E-state index contributed by atoms with van der Waals surface area (Å²) in [6, 6.07) is 11.6. The average Bonchev–Trinajstić information content (AvgIpc) is 2.87. The Morgan fingerprint density at radius 2 is 1.65 bits per heavy atom. The van der Waals surface area contributed by atoms with Crippen LogP contribution in [0, 0.1) is 0 Å². The van der Waals surface area contributed by atoms with E-state index in [1.54, 1.807) is 20.8 Å². The zero-order chi connectivity index (χ0) is 27.4. The van der Waals surface area contributed by atoms with Crippen molar-refractivity contribution < 1.29 is 28.5 Å². The molecule has 0 aliphatic carbocycles. The first kappa shape index (κ1) is 29.2. The number of primary amides is 1. The van der Waals surface area contributed by atoms with Gasteiger partial charge in [0.15, 0.2) is 11.5 Å². The van der Waals surface area contributed by atoms with Crippen LogP contribution >= 0.6 is 0 Å². The van der Waals surface area contributed by atoms with Crippen molar-refractivity contribution in [2.45, 2.75) is 53.1 Å². The van der Waals surface area contributed by atoms with Gasteiger partial charge in [-0.15, -0.1) is 0 Å². The third kappa shape index (κ3) is 9.47. The van der Waals surface area contributed by atoms with Gasteiger partial charge in [-0.3, -0.25) is 4.79 Å². The van der Waals surface area contributed by atoms with Gasteiger partial charge in [0.25, 0.3) is 0 Å². The molecule has 10 nitrogen and oxygen atoms in total. The molecule has 0 bridgehead atoms. The van der Waals surface area contributed by atoms with Gasteiger partial charge in [0.1, 0.15) is 31.0 Å². The van der Waals surface area contributed by atoms with Gasteiger partial charge in [0.2, 0.25) is 0 Å². The molecule has 0 saturated heterocycles. The maximum absolute atomic E-state index is 11.3. The van der Waals surface area contributed by atoms with E-state index in [-0.39, 0.29) is 5.97 Å². The lowest BCUT2D eigenvalue weighted by atomic mass is 10.1. The number of hydrogen-bond donors (Lipinski definition) is 2. The van der Waals surface area contributed by atoms with Crippen molar-refractivity contribution in [3.8, 4) is 11.5 Å². The topological polar surface area (TPSA) is 135 Å². The molecule has 2 aromatic carbocycles. The zero-order valence-corrected chi connectivity index (χ0v) is 22.3. The number of carbonyl (C=O) groups excluding carboxylic acids is 2. The van der Waals surface area contributed by atoms with Crippen molar-refractivity contribution in [3.05, 3.63) is 48.3 Å². The molecule has 1 amide bonds. The van der Waals surface area contributed by atoms with E-state index < -0.39 is 11.7 Å². The summed E-state index contributed by atoms with van der Waals surface area (Å²) in [5.74, 6) is 1.89. The fraction of sp³-hybridized carbons (Fsp3) is 0.407. The molecule has 1 aliphatic rings. The van der Waals surface area contributed by atoms with Crippen LogP contribution in [0.4, 0.5) is 16.3 Å². The quantitative estimate of drug-likeness (QED) is 0.445. The van der Waals surface area contributed by atoms with Gasteiger partial charge in [-0.1, -0.05) is 26.0 Å². The van der Waals surface area contributed by atoms with E-state index in [0.29, 0.717) is 43.4 Å². The Hall–Kier alpha value is -4.08. The third-order valence-electron chi connectivity index (χ3n) is 4.77. The largest absolute Gasteiger partial charge is 0.486 e. The zero-order valence-electron chi connectivity index (χ0n) is 22.3. The number of amides is 1. The Balaban J connectivity index is 0.000000414. The minimum atomic E-state index is -0.725. The van der Waals surface area contributed by atoms with Crippen molar-refractivity contribution in [2.24, 2.45) is 5.73 Å². The molecular formula is C27H36N4O6. The molecule has 4 rings (SSSR count). The predicted octanol–water partition coefficient (Wildman–Crippen LogP) is 5.16. The highest BCUT2D eigenvalue weighted by Crippen LogP contribution is 2.36. The summed E-state index contributed by atoms with van der Waals surface area (Å²) in [7, 11) is 1.40. The van der Waals surface area contributed by atoms with E-state index in [9.17, 15) is 9.59 Å². The van der Waals surface area contributed by atoms with Gasteiger partial charge in [-0.05, 0) is 51.0 Å². The highest BCUT2D eigenvalue weighted by molar-refractivity contribution is 5.93. The number of rotatable bonds is 5. The Morgan fingerprint density at radius 3 is 2.19 bits per heavy atom. The summed E-state index contributed by atoms with van der Waals surface area (Å²) in [5, 5.41) is 4.18. The molecule has 0 radical (unpaired) electrons. The number of nitrogens with one attached hydrogen (secondary N) is 1. The molecule has 3 aromatic rings. The summed E-state index contributed by atoms with van der Waals surface area (Å²) in [6.07, 6.45) is 1.81. The smallest absolute Gasteiger partial charge is 0.405 e. The van der Waals surface area contributed by atoms with Crippen molar-refractivity contribution in [2.75, 3.05) is 25.6 Å². The maximum Gasteiger partial charge on any atom is 0.405 e. The lowest BCUT2D eigenvalue weighted by Gasteiger charge is -2.19. The van der Waals surface area contributed by atoms with Gasteiger partial charge in [0, 0.05) is 23.6 Å². The molecule has 1 aromatic heterocycles. The van der Waals surface area contributed by atoms with Gasteiger partial charge in [-0.25, -0.2) is 14.8 Å². The van der Waals surface area contributed by atoms with E-state index in [4.69, 9.17) is 15.2 Å². The minimum absolute atomic E-state index is 0.209. The Labute approximate surface area is 217 Å². The lowest BCUT2D eigenvalue weighted by molar-refractivity contribution is -0.140. The number of methoxy groups -OCH3 is 1. The van der Waals surface area contributed by atoms with E-state index >= 15 is 0 Å². The first-order chi connectivity index (χ1) is 17.6. The van der Waals surface area contributed by atoms with Crippen LogP contribution in [0.25, 0.3) is 10.9 Å². The highest BCUT2D eigenvalue weighted by atomic mass is 16.6. The van der Waals surface area contributed by atoms with E-state index in [2.05, 4.69) is 24.8 Å². The lowest BCUT2D eigenvalue weighted by Crippen LogP contribution is -2.27. The molecule has 0 saturated carbocycles. The molecular weight excluding hydrogens is 476 g/mol. The highest BCUT2D eigenvalue weighted by Gasteiger charge is 2.15. The minimum Gasteiger partial charge on any atom is -0.486 e. The number of hydrogen-bond acceptors (Lipinski definition) is 9. The normalized spacial score (nSPS) is 11.7. The van der Waals surface area contributed by atoms with Crippen LogP contribution < -0.4 is 20.5 Å². The molecule has 2 heterocycles. The second kappa shape index (κ2) is 13.9. The Bertz CT molecular complexity index is 1180. The number of anilines is 2. The van der Waals surface area contributed by atoms with Crippen LogP contribution in [0.5, 0.6) is 11.5 Å². The molecule has 0 atom stereocenters. The average molecular weight is 513 g/mol. The monoisotopic (exact) mass is 512 g/mol. The second-order valence-corrected chi connectivity index (χ2v) is 8.67. The van der Waals surface area contributed by atoms with Crippen LogP contribution in [-0.2, 0) is 20.7 Å². The van der Waals surface area contributed by atoms with Crippen molar-refractivity contribution in [1.29, 1.82) is 0 Å². The molecule has 0 fully saturated rings. The summed E-state index contributed by atoms with van der Waals surface area (Å²) in [4.78, 5) is 30.0. The van der Waals surface area contributed by atoms with Crippen molar-refractivity contribution in [3.63, 3.8) is 0 Å². The van der Waals surface area contributed by atoms with Crippen LogP contribution in [0.15, 0.2) is 42.7 Å². The summed E-state index contributed by atoms with van der Waals surface area (Å²) >= 11 is 0. The predicted molar refractivity (Wildman–Crippen MR) is 142 cm³/mol.